The zero-order chi connectivity index (χ0) is 13.7. The van der Waals surface area contributed by atoms with E-state index in [9.17, 15) is 5.11 Å². The van der Waals surface area contributed by atoms with E-state index in [0.29, 0.717) is 5.75 Å². The lowest BCUT2D eigenvalue weighted by molar-refractivity contribution is 0.267. The van der Waals surface area contributed by atoms with Crippen LogP contribution in [0.4, 0.5) is 0 Å². The monoisotopic (exact) mass is 263 g/mol. The molecule has 0 aromatic heterocycles. The Kier molecular flexibility index (Phi) is 5.08. The van der Waals surface area contributed by atoms with Gasteiger partial charge in [0.2, 0.25) is 0 Å². The lowest BCUT2D eigenvalue weighted by atomic mass is 9.98. The van der Waals surface area contributed by atoms with Gasteiger partial charge >= 0.3 is 0 Å². The second-order valence-electron chi connectivity index (χ2n) is 5.48. The van der Waals surface area contributed by atoms with Crippen LogP contribution in [0.25, 0.3) is 0 Å². The number of phenolic OH excluding ortho intramolecular Hbond substituents is 1. The number of phenols is 1. The maximum absolute atomic E-state index is 9.95. The van der Waals surface area contributed by atoms with E-state index >= 15 is 0 Å². The maximum atomic E-state index is 9.95. The fourth-order valence-corrected chi connectivity index (χ4v) is 2.85. The first kappa shape index (κ1) is 14.2. The molecular formula is C16H25NO2. The Morgan fingerprint density at radius 2 is 2.16 bits per heavy atom. The van der Waals surface area contributed by atoms with Gasteiger partial charge in [0.25, 0.3) is 0 Å². The summed E-state index contributed by atoms with van der Waals surface area (Å²) in [5.74, 6) is 2.06. The summed E-state index contributed by atoms with van der Waals surface area (Å²) in [6.07, 6.45) is 5.18. The average Bonchev–Trinajstić information content (AvgIpc) is 2.66. The number of rotatable bonds is 4. The van der Waals surface area contributed by atoms with Crippen LogP contribution in [0.5, 0.6) is 11.5 Å². The van der Waals surface area contributed by atoms with Crippen LogP contribution >= 0.6 is 0 Å². The summed E-state index contributed by atoms with van der Waals surface area (Å²) < 4.78 is 5.23. The van der Waals surface area contributed by atoms with E-state index in [0.717, 1.165) is 36.9 Å². The van der Waals surface area contributed by atoms with E-state index in [-0.39, 0.29) is 0 Å². The van der Waals surface area contributed by atoms with Crippen molar-refractivity contribution in [3.63, 3.8) is 0 Å². The van der Waals surface area contributed by atoms with Crippen LogP contribution in [0.3, 0.4) is 0 Å². The van der Waals surface area contributed by atoms with Gasteiger partial charge in [-0.05, 0) is 56.5 Å². The lowest BCUT2D eigenvalue weighted by Crippen LogP contribution is -2.24. The molecule has 0 saturated carbocycles. The van der Waals surface area contributed by atoms with E-state index in [1.165, 1.54) is 25.7 Å². The highest BCUT2D eigenvalue weighted by Crippen LogP contribution is 2.26. The fourth-order valence-electron chi connectivity index (χ4n) is 2.85. The van der Waals surface area contributed by atoms with Gasteiger partial charge in [-0.3, -0.25) is 4.90 Å². The van der Waals surface area contributed by atoms with E-state index in [2.05, 4.69) is 11.8 Å². The molecular weight excluding hydrogens is 238 g/mol. The molecule has 1 saturated heterocycles. The molecule has 1 aliphatic rings. The Hall–Kier alpha value is -1.22. The molecule has 0 amide bonds. The third-order valence-electron chi connectivity index (χ3n) is 4.20. The summed E-state index contributed by atoms with van der Waals surface area (Å²) in [6.45, 7) is 5.37. The van der Waals surface area contributed by atoms with Crippen LogP contribution in [0.15, 0.2) is 18.2 Å². The van der Waals surface area contributed by atoms with Crippen LogP contribution in [-0.4, -0.2) is 30.2 Å². The first-order chi connectivity index (χ1) is 9.22. The topological polar surface area (TPSA) is 32.7 Å². The number of nitrogens with zero attached hydrogens (tertiary/aromatic N) is 1. The molecule has 1 fully saturated rings. The van der Waals surface area contributed by atoms with Gasteiger partial charge in [-0.25, -0.2) is 0 Å². The van der Waals surface area contributed by atoms with Crippen molar-refractivity contribution in [1.29, 1.82) is 0 Å². The van der Waals surface area contributed by atoms with Crippen molar-refractivity contribution in [3.8, 4) is 11.5 Å². The van der Waals surface area contributed by atoms with Gasteiger partial charge in [0.15, 0.2) is 0 Å². The number of likely N-dealkylation sites (tertiary alicyclic amines) is 1. The molecule has 1 atom stereocenters. The lowest BCUT2D eigenvalue weighted by Gasteiger charge is -2.21. The third-order valence-corrected chi connectivity index (χ3v) is 4.20. The number of benzene rings is 1. The van der Waals surface area contributed by atoms with Gasteiger partial charge in [-0.15, -0.1) is 0 Å². The highest BCUT2D eigenvalue weighted by atomic mass is 16.5. The number of methoxy groups -OCH3 is 1. The van der Waals surface area contributed by atoms with Gasteiger partial charge < -0.3 is 9.84 Å². The Balaban J connectivity index is 2.00. The van der Waals surface area contributed by atoms with Crippen LogP contribution in [-0.2, 0) is 6.54 Å². The van der Waals surface area contributed by atoms with Gasteiger partial charge in [0, 0.05) is 12.1 Å². The van der Waals surface area contributed by atoms with Crippen molar-refractivity contribution in [2.45, 2.75) is 39.2 Å². The minimum atomic E-state index is 0.372. The minimum absolute atomic E-state index is 0.372. The first-order valence-corrected chi connectivity index (χ1v) is 7.31. The molecule has 1 aliphatic heterocycles. The van der Waals surface area contributed by atoms with Crippen LogP contribution in [0.1, 0.15) is 38.2 Å². The van der Waals surface area contributed by atoms with E-state index in [4.69, 9.17) is 4.74 Å². The Labute approximate surface area is 116 Å². The first-order valence-electron chi connectivity index (χ1n) is 7.31. The van der Waals surface area contributed by atoms with Crippen LogP contribution in [0.2, 0.25) is 0 Å². The zero-order valence-corrected chi connectivity index (χ0v) is 12.1. The molecule has 0 aliphatic carbocycles. The van der Waals surface area contributed by atoms with Gasteiger partial charge in [-0.1, -0.05) is 13.3 Å². The molecule has 3 nitrogen and oxygen atoms in total. The summed E-state index contributed by atoms with van der Waals surface area (Å²) in [5.41, 5.74) is 0.967. The van der Waals surface area contributed by atoms with E-state index < -0.39 is 0 Å². The second-order valence-corrected chi connectivity index (χ2v) is 5.48. The standard InChI is InChI=1S/C16H25NO2/c1-3-13-5-4-9-17(10-8-13)12-14-11-15(19-2)6-7-16(14)18/h6-7,11,13,18H,3-5,8-10,12H2,1-2H3. The highest BCUT2D eigenvalue weighted by molar-refractivity contribution is 5.39. The van der Waals surface area contributed by atoms with Gasteiger partial charge in [-0.2, -0.15) is 0 Å². The number of ether oxygens (including phenoxy) is 1. The fraction of sp³-hybridized carbons (Fsp3) is 0.625. The predicted molar refractivity (Wildman–Crippen MR) is 77.6 cm³/mol. The molecule has 19 heavy (non-hydrogen) atoms. The molecule has 1 unspecified atom stereocenters. The summed E-state index contributed by atoms with van der Waals surface area (Å²) in [4.78, 5) is 2.45. The third kappa shape index (κ3) is 3.87. The molecule has 1 aromatic rings. The van der Waals surface area contributed by atoms with Gasteiger partial charge in [0.1, 0.15) is 11.5 Å². The van der Waals surface area contributed by atoms with Crippen LogP contribution < -0.4 is 4.74 Å². The van der Waals surface area contributed by atoms with Crippen molar-refractivity contribution < 1.29 is 9.84 Å². The molecule has 1 aromatic carbocycles. The Bertz CT molecular complexity index is 406. The summed E-state index contributed by atoms with van der Waals surface area (Å²) in [7, 11) is 1.66. The summed E-state index contributed by atoms with van der Waals surface area (Å²) in [5, 5.41) is 9.95. The highest BCUT2D eigenvalue weighted by Gasteiger charge is 2.17. The van der Waals surface area contributed by atoms with Crippen molar-refractivity contribution in [3.05, 3.63) is 23.8 Å². The normalized spacial score (nSPS) is 21.1. The Morgan fingerprint density at radius 3 is 2.89 bits per heavy atom. The number of hydrogen-bond donors (Lipinski definition) is 1. The average molecular weight is 263 g/mol. The molecule has 1 N–H and O–H groups in total. The van der Waals surface area contributed by atoms with E-state index in [1.807, 2.05) is 6.07 Å². The molecule has 2 rings (SSSR count). The zero-order valence-electron chi connectivity index (χ0n) is 12.1. The smallest absolute Gasteiger partial charge is 0.120 e. The van der Waals surface area contributed by atoms with Crippen molar-refractivity contribution in [2.75, 3.05) is 20.2 Å². The largest absolute Gasteiger partial charge is 0.508 e. The molecule has 1 heterocycles. The maximum Gasteiger partial charge on any atom is 0.120 e. The molecule has 0 spiro atoms. The SMILES string of the molecule is CCC1CCCN(Cc2cc(OC)ccc2O)CC1. The predicted octanol–water partition coefficient (Wildman–Crippen LogP) is 3.41. The molecule has 3 heteroatoms. The molecule has 106 valence electrons. The van der Waals surface area contributed by atoms with Gasteiger partial charge in [0.05, 0.1) is 7.11 Å². The molecule has 0 bridgehead atoms. The van der Waals surface area contributed by atoms with Crippen molar-refractivity contribution >= 4 is 0 Å². The van der Waals surface area contributed by atoms with Crippen molar-refractivity contribution in [2.24, 2.45) is 5.92 Å². The number of aromatic hydroxyl groups is 1. The number of hydrogen-bond acceptors (Lipinski definition) is 3. The quantitative estimate of drug-likeness (QED) is 0.903. The Morgan fingerprint density at radius 1 is 1.32 bits per heavy atom. The second kappa shape index (κ2) is 6.80. The van der Waals surface area contributed by atoms with E-state index in [1.54, 1.807) is 19.2 Å². The molecule has 0 radical (unpaired) electrons. The minimum Gasteiger partial charge on any atom is -0.508 e. The van der Waals surface area contributed by atoms with Crippen LogP contribution in [0, 0.1) is 5.92 Å². The summed E-state index contributed by atoms with van der Waals surface area (Å²) >= 11 is 0. The van der Waals surface area contributed by atoms with Crippen molar-refractivity contribution in [1.82, 2.24) is 4.90 Å². The summed E-state index contributed by atoms with van der Waals surface area (Å²) in [6, 6.07) is 5.47.